The SMILES string of the molecule is C=C(N)c1ccc(NC(=O)c2cnc3ccc(-c4cccnc4-c4ccc(F)c(C)c4)cn23)cc1. The molecule has 7 heteroatoms. The Labute approximate surface area is 201 Å². The second kappa shape index (κ2) is 8.87. The van der Waals surface area contributed by atoms with E-state index in [-0.39, 0.29) is 11.7 Å². The molecular weight excluding hydrogens is 441 g/mol. The summed E-state index contributed by atoms with van der Waals surface area (Å²) < 4.78 is 15.6. The first-order chi connectivity index (χ1) is 16.9. The molecule has 35 heavy (non-hydrogen) atoms. The molecule has 5 aromatic rings. The number of carbonyl (C=O) groups is 1. The van der Waals surface area contributed by atoms with Gasteiger partial charge in [0.05, 0.1) is 11.9 Å². The maximum atomic E-state index is 13.8. The number of hydrogen-bond acceptors (Lipinski definition) is 4. The minimum atomic E-state index is -0.297. The highest BCUT2D eigenvalue weighted by atomic mass is 19.1. The van der Waals surface area contributed by atoms with Crippen LogP contribution in [-0.4, -0.2) is 20.3 Å². The fourth-order valence-corrected chi connectivity index (χ4v) is 3.93. The van der Waals surface area contributed by atoms with E-state index in [9.17, 15) is 9.18 Å². The van der Waals surface area contributed by atoms with Gasteiger partial charge in [0.1, 0.15) is 17.2 Å². The maximum Gasteiger partial charge on any atom is 0.274 e. The van der Waals surface area contributed by atoms with Crippen molar-refractivity contribution in [2.45, 2.75) is 6.92 Å². The van der Waals surface area contributed by atoms with Gasteiger partial charge in [0, 0.05) is 40.5 Å². The molecule has 0 spiro atoms. The molecule has 0 aliphatic heterocycles. The van der Waals surface area contributed by atoms with E-state index in [2.05, 4.69) is 21.9 Å². The number of aromatic nitrogens is 3. The number of benzene rings is 2. The van der Waals surface area contributed by atoms with Gasteiger partial charge < -0.3 is 11.1 Å². The van der Waals surface area contributed by atoms with E-state index < -0.39 is 0 Å². The van der Waals surface area contributed by atoms with Gasteiger partial charge in [-0.25, -0.2) is 9.37 Å². The average molecular weight is 464 g/mol. The molecule has 0 atom stereocenters. The van der Waals surface area contributed by atoms with E-state index in [0.29, 0.717) is 28.3 Å². The van der Waals surface area contributed by atoms with E-state index in [0.717, 1.165) is 27.9 Å². The lowest BCUT2D eigenvalue weighted by Crippen LogP contribution is -2.14. The topological polar surface area (TPSA) is 85.3 Å². The molecule has 0 radical (unpaired) electrons. The number of hydrogen-bond donors (Lipinski definition) is 2. The van der Waals surface area contributed by atoms with Crippen LogP contribution in [0.4, 0.5) is 10.1 Å². The minimum Gasteiger partial charge on any atom is -0.399 e. The van der Waals surface area contributed by atoms with Crippen molar-refractivity contribution in [1.29, 1.82) is 0 Å². The molecular formula is C28H22FN5O. The molecule has 3 heterocycles. The lowest BCUT2D eigenvalue weighted by molar-refractivity contribution is 0.102. The number of fused-ring (bicyclic) bond motifs is 1. The zero-order chi connectivity index (χ0) is 24.5. The van der Waals surface area contributed by atoms with Crippen LogP contribution in [0.15, 0.2) is 91.9 Å². The predicted octanol–water partition coefficient (Wildman–Crippen LogP) is 5.69. The van der Waals surface area contributed by atoms with Crippen molar-refractivity contribution in [3.8, 4) is 22.4 Å². The normalized spacial score (nSPS) is 10.9. The van der Waals surface area contributed by atoms with E-state index in [1.54, 1.807) is 53.9 Å². The summed E-state index contributed by atoms with van der Waals surface area (Å²) >= 11 is 0. The molecule has 3 aromatic heterocycles. The number of amides is 1. The van der Waals surface area contributed by atoms with E-state index in [1.165, 1.54) is 12.3 Å². The fourth-order valence-electron chi connectivity index (χ4n) is 3.93. The van der Waals surface area contributed by atoms with Gasteiger partial charge in [0.25, 0.3) is 5.91 Å². The zero-order valence-corrected chi connectivity index (χ0v) is 19.0. The van der Waals surface area contributed by atoms with Crippen LogP contribution >= 0.6 is 0 Å². The summed E-state index contributed by atoms with van der Waals surface area (Å²) in [4.78, 5) is 22.0. The quantitative estimate of drug-likeness (QED) is 0.351. The van der Waals surface area contributed by atoms with Crippen molar-refractivity contribution in [2.24, 2.45) is 5.73 Å². The second-order valence-electron chi connectivity index (χ2n) is 8.21. The van der Waals surface area contributed by atoms with Crippen LogP contribution in [0.25, 0.3) is 33.7 Å². The minimum absolute atomic E-state index is 0.260. The molecule has 172 valence electrons. The van der Waals surface area contributed by atoms with Crippen LogP contribution in [-0.2, 0) is 0 Å². The first-order valence-corrected chi connectivity index (χ1v) is 11.0. The number of nitrogens with one attached hydrogen (secondary N) is 1. The van der Waals surface area contributed by atoms with Crippen LogP contribution in [0, 0.1) is 12.7 Å². The molecule has 1 amide bonds. The molecule has 3 N–H and O–H groups in total. The summed E-state index contributed by atoms with van der Waals surface area (Å²) in [5, 5.41) is 2.89. The van der Waals surface area contributed by atoms with E-state index in [1.807, 2.05) is 30.5 Å². The molecule has 0 aliphatic rings. The number of rotatable bonds is 5. The van der Waals surface area contributed by atoms with Crippen molar-refractivity contribution in [2.75, 3.05) is 5.32 Å². The Hall–Kier alpha value is -4.78. The van der Waals surface area contributed by atoms with Gasteiger partial charge in [-0.15, -0.1) is 0 Å². The highest BCUT2D eigenvalue weighted by Gasteiger charge is 2.15. The highest BCUT2D eigenvalue weighted by molar-refractivity contribution is 6.03. The molecule has 0 saturated carbocycles. The van der Waals surface area contributed by atoms with Gasteiger partial charge in [-0.05, 0) is 66.6 Å². The Balaban J connectivity index is 1.51. The molecule has 2 aromatic carbocycles. The Morgan fingerprint density at radius 3 is 2.54 bits per heavy atom. The Kier molecular flexibility index (Phi) is 5.58. The number of imidazole rings is 1. The molecule has 0 bridgehead atoms. The van der Waals surface area contributed by atoms with Crippen molar-refractivity contribution in [3.63, 3.8) is 0 Å². The summed E-state index contributed by atoms with van der Waals surface area (Å²) in [6, 6.07) is 19.7. The predicted molar refractivity (Wildman–Crippen MR) is 136 cm³/mol. The highest BCUT2D eigenvalue weighted by Crippen LogP contribution is 2.31. The summed E-state index contributed by atoms with van der Waals surface area (Å²) in [5.74, 6) is -0.557. The fraction of sp³-hybridized carbons (Fsp3) is 0.0357. The Morgan fingerprint density at radius 1 is 1.03 bits per heavy atom. The number of aryl methyl sites for hydroxylation is 1. The van der Waals surface area contributed by atoms with Gasteiger partial charge in [-0.1, -0.05) is 24.8 Å². The molecule has 0 aliphatic carbocycles. The average Bonchev–Trinajstić information content (AvgIpc) is 3.29. The monoisotopic (exact) mass is 463 g/mol. The number of nitrogens with zero attached hydrogens (tertiary/aromatic N) is 3. The van der Waals surface area contributed by atoms with Crippen molar-refractivity contribution in [3.05, 3.63) is 115 Å². The molecule has 0 unspecified atom stereocenters. The lowest BCUT2D eigenvalue weighted by Gasteiger charge is -2.11. The van der Waals surface area contributed by atoms with Gasteiger partial charge in [0.2, 0.25) is 0 Å². The van der Waals surface area contributed by atoms with E-state index >= 15 is 0 Å². The molecule has 5 rings (SSSR count). The standard InChI is InChI=1S/C28H22FN5O/c1-17-14-20(7-11-24(17)29)27-23(4-3-13-31-27)21-8-12-26-32-15-25(34(26)16-21)28(35)33-22-9-5-19(6-10-22)18(2)30/h3-16H,2,30H2,1H3,(H,33,35). The van der Waals surface area contributed by atoms with Crippen molar-refractivity contribution in [1.82, 2.24) is 14.4 Å². The molecule has 0 fully saturated rings. The van der Waals surface area contributed by atoms with Crippen LogP contribution in [0.5, 0.6) is 0 Å². The van der Waals surface area contributed by atoms with Gasteiger partial charge in [0.15, 0.2) is 0 Å². The van der Waals surface area contributed by atoms with Crippen molar-refractivity contribution < 1.29 is 9.18 Å². The van der Waals surface area contributed by atoms with Crippen LogP contribution in [0.2, 0.25) is 0 Å². The summed E-state index contributed by atoms with van der Waals surface area (Å²) in [6.07, 6.45) is 5.10. The van der Waals surface area contributed by atoms with Crippen molar-refractivity contribution >= 4 is 22.9 Å². The number of halogens is 1. The third-order valence-electron chi connectivity index (χ3n) is 5.80. The van der Waals surface area contributed by atoms with E-state index in [4.69, 9.17) is 5.73 Å². The van der Waals surface area contributed by atoms with Gasteiger partial charge in [-0.2, -0.15) is 0 Å². The lowest BCUT2D eigenvalue weighted by atomic mass is 9.99. The Bertz CT molecular complexity index is 1590. The largest absolute Gasteiger partial charge is 0.399 e. The van der Waals surface area contributed by atoms with Crippen LogP contribution < -0.4 is 11.1 Å². The van der Waals surface area contributed by atoms with Gasteiger partial charge in [-0.3, -0.25) is 14.2 Å². The Morgan fingerprint density at radius 2 is 1.80 bits per heavy atom. The zero-order valence-electron chi connectivity index (χ0n) is 19.0. The summed E-state index contributed by atoms with van der Waals surface area (Å²) in [5.41, 5.74) is 12.4. The number of anilines is 1. The smallest absolute Gasteiger partial charge is 0.274 e. The first-order valence-electron chi connectivity index (χ1n) is 11.0. The number of nitrogens with two attached hydrogens (primary N) is 1. The molecule has 0 saturated heterocycles. The molecule has 6 nitrogen and oxygen atoms in total. The maximum absolute atomic E-state index is 13.8. The van der Waals surface area contributed by atoms with Crippen LogP contribution in [0.1, 0.15) is 21.6 Å². The summed E-state index contributed by atoms with van der Waals surface area (Å²) in [7, 11) is 0. The third-order valence-corrected chi connectivity index (χ3v) is 5.80. The van der Waals surface area contributed by atoms with Crippen LogP contribution in [0.3, 0.4) is 0 Å². The summed E-state index contributed by atoms with van der Waals surface area (Å²) in [6.45, 7) is 5.44. The first kappa shape index (κ1) is 22.0. The third kappa shape index (κ3) is 4.27. The van der Waals surface area contributed by atoms with Gasteiger partial charge >= 0.3 is 0 Å². The second-order valence-corrected chi connectivity index (χ2v) is 8.21. The number of pyridine rings is 2. The number of carbonyl (C=O) groups excluding carboxylic acids is 1.